The highest BCUT2D eigenvalue weighted by Crippen LogP contribution is 2.26. The maximum absolute atomic E-state index is 13.1. The molecule has 4 rings (SSSR count). The molecule has 0 radical (unpaired) electrons. The van der Waals surface area contributed by atoms with Gasteiger partial charge in [-0.2, -0.15) is 0 Å². The summed E-state index contributed by atoms with van der Waals surface area (Å²) in [5.41, 5.74) is 5.30. The number of carbonyl (C=O) groups is 2. The summed E-state index contributed by atoms with van der Waals surface area (Å²) in [6, 6.07) is 24.4. The molecule has 0 aliphatic heterocycles. The van der Waals surface area contributed by atoms with E-state index in [1.54, 1.807) is 24.3 Å². The number of hydrogen-bond acceptors (Lipinski definition) is 3. The van der Waals surface area contributed by atoms with Crippen molar-refractivity contribution in [3.8, 4) is 11.3 Å². The summed E-state index contributed by atoms with van der Waals surface area (Å²) in [4.78, 5) is 29.5. The van der Waals surface area contributed by atoms with Gasteiger partial charge in [0.2, 0.25) is 0 Å². The number of benzene rings is 3. The first-order chi connectivity index (χ1) is 14.0. The monoisotopic (exact) mass is 380 g/mol. The molecule has 0 saturated heterocycles. The van der Waals surface area contributed by atoms with Gasteiger partial charge in [-0.1, -0.05) is 60.2 Å². The van der Waals surface area contributed by atoms with E-state index in [1.165, 1.54) is 6.92 Å². The predicted molar refractivity (Wildman–Crippen MR) is 116 cm³/mol. The van der Waals surface area contributed by atoms with Crippen LogP contribution in [0, 0.1) is 6.92 Å². The number of aromatic nitrogens is 1. The molecule has 4 aromatic rings. The Hall–Kier alpha value is -3.79. The molecule has 1 heterocycles. The van der Waals surface area contributed by atoms with Crippen LogP contribution < -0.4 is 5.32 Å². The number of Topliss-reactive ketones (excluding diaryl/α,β-unsaturated/α-hetero) is 1. The molecule has 29 heavy (non-hydrogen) atoms. The molecule has 4 nitrogen and oxygen atoms in total. The van der Waals surface area contributed by atoms with Gasteiger partial charge in [0.15, 0.2) is 5.78 Å². The van der Waals surface area contributed by atoms with Crippen LogP contribution in [0.4, 0.5) is 5.69 Å². The number of carbonyl (C=O) groups excluding carboxylic acids is 2. The fourth-order valence-corrected chi connectivity index (χ4v) is 3.25. The van der Waals surface area contributed by atoms with Gasteiger partial charge in [0, 0.05) is 22.2 Å². The SMILES string of the molecule is CC(=O)c1cccc(NC(=O)c2cc(-c3ccc(C)cc3)nc3ccccc23)c1. The Morgan fingerprint density at radius 1 is 0.862 bits per heavy atom. The van der Waals surface area contributed by atoms with E-state index in [9.17, 15) is 9.59 Å². The quantitative estimate of drug-likeness (QED) is 0.464. The van der Waals surface area contributed by atoms with E-state index in [-0.39, 0.29) is 11.7 Å². The third kappa shape index (κ3) is 3.92. The molecule has 0 spiro atoms. The first kappa shape index (κ1) is 18.6. The van der Waals surface area contributed by atoms with Crippen molar-refractivity contribution in [1.82, 2.24) is 4.98 Å². The number of fused-ring (bicyclic) bond motifs is 1. The van der Waals surface area contributed by atoms with Crippen molar-refractivity contribution in [3.05, 3.63) is 95.6 Å². The molecule has 0 aliphatic carbocycles. The number of nitrogens with one attached hydrogen (secondary N) is 1. The summed E-state index contributed by atoms with van der Waals surface area (Å²) in [6.45, 7) is 3.54. The van der Waals surface area contributed by atoms with Crippen LogP contribution >= 0.6 is 0 Å². The summed E-state index contributed by atoms with van der Waals surface area (Å²) >= 11 is 0. The minimum Gasteiger partial charge on any atom is -0.322 e. The zero-order valence-electron chi connectivity index (χ0n) is 16.3. The summed E-state index contributed by atoms with van der Waals surface area (Å²) in [7, 11) is 0. The summed E-state index contributed by atoms with van der Waals surface area (Å²) in [5.74, 6) is -0.283. The molecule has 0 bridgehead atoms. The molecular weight excluding hydrogens is 360 g/mol. The molecule has 3 aromatic carbocycles. The minimum absolute atomic E-state index is 0.0443. The van der Waals surface area contributed by atoms with Crippen molar-refractivity contribution < 1.29 is 9.59 Å². The number of aryl methyl sites for hydroxylation is 1. The van der Waals surface area contributed by atoms with Crippen molar-refractivity contribution in [1.29, 1.82) is 0 Å². The first-order valence-corrected chi connectivity index (χ1v) is 9.40. The second kappa shape index (κ2) is 7.68. The highest BCUT2D eigenvalue weighted by atomic mass is 16.1. The maximum Gasteiger partial charge on any atom is 0.256 e. The standard InChI is InChI=1S/C25H20N2O2/c1-16-10-12-18(13-11-16)24-15-22(21-8-3-4-9-23(21)27-24)25(29)26-20-7-5-6-19(14-20)17(2)28/h3-15H,1-2H3,(H,26,29). The van der Waals surface area contributed by atoms with Crippen molar-refractivity contribution in [2.24, 2.45) is 0 Å². The van der Waals surface area contributed by atoms with Gasteiger partial charge in [-0.15, -0.1) is 0 Å². The Kier molecular flexibility index (Phi) is 4.92. The molecule has 0 atom stereocenters. The van der Waals surface area contributed by atoms with E-state index in [4.69, 9.17) is 4.98 Å². The summed E-state index contributed by atoms with van der Waals surface area (Å²) in [5, 5.41) is 3.70. The van der Waals surface area contributed by atoms with Crippen LogP contribution in [0.2, 0.25) is 0 Å². The molecule has 4 heteroatoms. The zero-order chi connectivity index (χ0) is 20.4. The van der Waals surface area contributed by atoms with E-state index < -0.39 is 0 Å². The maximum atomic E-state index is 13.1. The highest BCUT2D eigenvalue weighted by Gasteiger charge is 2.14. The van der Waals surface area contributed by atoms with Gasteiger partial charge in [0.25, 0.3) is 5.91 Å². The van der Waals surface area contributed by atoms with Crippen molar-refractivity contribution >= 4 is 28.3 Å². The molecule has 1 N–H and O–H groups in total. The van der Waals surface area contributed by atoms with E-state index in [0.29, 0.717) is 16.8 Å². The van der Waals surface area contributed by atoms with Crippen LogP contribution in [-0.2, 0) is 0 Å². The van der Waals surface area contributed by atoms with Crippen molar-refractivity contribution in [2.45, 2.75) is 13.8 Å². The van der Waals surface area contributed by atoms with Gasteiger partial charge in [-0.05, 0) is 38.1 Å². The van der Waals surface area contributed by atoms with Gasteiger partial charge in [-0.3, -0.25) is 9.59 Å². The Morgan fingerprint density at radius 2 is 1.62 bits per heavy atom. The topological polar surface area (TPSA) is 59.1 Å². The number of anilines is 1. The normalized spacial score (nSPS) is 10.7. The largest absolute Gasteiger partial charge is 0.322 e. The molecule has 1 aromatic heterocycles. The van der Waals surface area contributed by atoms with Crippen LogP contribution in [0.5, 0.6) is 0 Å². The number of ketones is 1. The molecule has 0 aliphatic rings. The molecular formula is C25H20N2O2. The number of para-hydroxylation sites is 1. The van der Waals surface area contributed by atoms with Crippen molar-refractivity contribution in [3.63, 3.8) is 0 Å². The van der Waals surface area contributed by atoms with E-state index >= 15 is 0 Å². The van der Waals surface area contributed by atoms with Gasteiger partial charge >= 0.3 is 0 Å². The van der Waals surface area contributed by atoms with Gasteiger partial charge in [-0.25, -0.2) is 4.98 Å². The number of nitrogens with zero attached hydrogens (tertiary/aromatic N) is 1. The molecule has 142 valence electrons. The number of hydrogen-bond donors (Lipinski definition) is 1. The second-order valence-corrected chi connectivity index (χ2v) is 7.03. The molecule has 1 amide bonds. The Bertz CT molecular complexity index is 1230. The fourth-order valence-electron chi connectivity index (χ4n) is 3.25. The number of amides is 1. The van der Waals surface area contributed by atoms with E-state index in [1.807, 2.05) is 61.5 Å². The third-order valence-electron chi connectivity index (χ3n) is 4.84. The van der Waals surface area contributed by atoms with Crippen molar-refractivity contribution in [2.75, 3.05) is 5.32 Å². The fraction of sp³-hybridized carbons (Fsp3) is 0.0800. The first-order valence-electron chi connectivity index (χ1n) is 9.40. The predicted octanol–water partition coefficient (Wildman–Crippen LogP) is 5.67. The lowest BCUT2D eigenvalue weighted by Gasteiger charge is -2.11. The van der Waals surface area contributed by atoms with E-state index in [0.717, 1.165) is 27.7 Å². The molecule has 0 saturated carbocycles. The molecule has 0 fully saturated rings. The van der Waals surface area contributed by atoms with Gasteiger partial charge < -0.3 is 5.32 Å². The van der Waals surface area contributed by atoms with Crippen LogP contribution in [0.3, 0.4) is 0 Å². The smallest absolute Gasteiger partial charge is 0.256 e. The van der Waals surface area contributed by atoms with Crippen LogP contribution in [0.15, 0.2) is 78.9 Å². The van der Waals surface area contributed by atoms with Gasteiger partial charge in [0.1, 0.15) is 0 Å². The van der Waals surface area contributed by atoms with Crippen LogP contribution in [-0.4, -0.2) is 16.7 Å². The lowest BCUT2D eigenvalue weighted by atomic mass is 10.0. The van der Waals surface area contributed by atoms with Crippen LogP contribution in [0.1, 0.15) is 33.2 Å². The third-order valence-corrected chi connectivity index (χ3v) is 4.84. The van der Waals surface area contributed by atoms with Gasteiger partial charge in [0.05, 0.1) is 16.8 Å². The number of pyridine rings is 1. The average Bonchev–Trinajstić information content (AvgIpc) is 2.73. The average molecular weight is 380 g/mol. The Labute approximate surface area is 169 Å². The van der Waals surface area contributed by atoms with Crippen LogP contribution in [0.25, 0.3) is 22.2 Å². The highest BCUT2D eigenvalue weighted by molar-refractivity contribution is 6.13. The second-order valence-electron chi connectivity index (χ2n) is 7.03. The summed E-state index contributed by atoms with van der Waals surface area (Å²) in [6.07, 6.45) is 0. The zero-order valence-corrected chi connectivity index (χ0v) is 16.3. The Balaban J connectivity index is 1.77. The summed E-state index contributed by atoms with van der Waals surface area (Å²) < 4.78 is 0. The lowest BCUT2D eigenvalue weighted by Crippen LogP contribution is -2.13. The minimum atomic E-state index is -0.238. The lowest BCUT2D eigenvalue weighted by molar-refractivity contribution is 0.101. The molecule has 0 unspecified atom stereocenters. The Morgan fingerprint density at radius 3 is 2.38 bits per heavy atom. The van der Waals surface area contributed by atoms with E-state index in [2.05, 4.69) is 5.32 Å². The number of rotatable bonds is 4.